The Kier molecular flexibility index (Phi) is 3.08. The Morgan fingerprint density at radius 3 is 2.11 bits per heavy atom. The van der Waals surface area contributed by atoms with Crippen molar-refractivity contribution in [3.8, 4) is 0 Å². The number of hydrogen-bond donors (Lipinski definition) is 2. The molecule has 0 heterocycles. The van der Waals surface area contributed by atoms with Crippen molar-refractivity contribution in [2.75, 3.05) is 6.67 Å². The summed E-state index contributed by atoms with van der Waals surface area (Å²) in [6.07, 6.45) is -1.02. The van der Waals surface area contributed by atoms with Gasteiger partial charge in [-0.15, -0.1) is 0 Å². The van der Waals surface area contributed by atoms with Gasteiger partial charge in [0.15, 0.2) is 0 Å². The molecule has 0 spiro atoms. The lowest BCUT2D eigenvalue weighted by atomic mass is 10.1. The molecule has 56 valence electrons. The fourth-order valence-electron chi connectivity index (χ4n) is 0.538. The summed E-state index contributed by atoms with van der Waals surface area (Å²) in [5, 5.41) is 11.4. The second-order valence-electron chi connectivity index (χ2n) is 3.06. The molecule has 0 amide bonds. The van der Waals surface area contributed by atoms with E-state index < -0.39 is 12.9 Å². The lowest BCUT2D eigenvalue weighted by molar-refractivity contribution is 0.0802. The molecule has 0 aliphatic carbocycles. The summed E-state index contributed by atoms with van der Waals surface area (Å²) >= 11 is 0. The monoisotopic (exact) mass is 135 g/mol. The van der Waals surface area contributed by atoms with Crippen LogP contribution in [0.5, 0.6) is 0 Å². The summed E-state index contributed by atoms with van der Waals surface area (Å²) < 4.78 is 11.6. The van der Waals surface area contributed by atoms with Crippen molar-refractivity contribution in [1.82, 2.24) is 5.32 Å². The number of alkyl halides is 1. The van der Waals surface area contributed by atoms with Gasteiger partial charge < -0.3 is 5.11 Å². The standard InChI is InChI=1S/C6H14FNO/c1-6(2,3)8-5(9)4-7/h5,8-9H,4H2,1-3H3. The van der Waals surface area contributed by atoms with Gasteiger partial charge >= 0.3 is 0 Å². The van der Waals surface area contributed by atoms with Crippen LogP contribution in [0.25, 0.3) is 0 Å². The molecule has 0 aliphatic heterocycles. The van der Waals surface area contributed by atoms with E-state index in [2.05, 4.69) is 5.32 Å². The van der Waals surface area contributed by atoms with E-state index in [4.69, 9.17) is 5.11 Å². The molecule has 2 nitrogen and oxygen atoms in total. The minimum absolute atomic E-state index is 0.217. The van der Waals surface area contributed by atoms with E-state index in [1.807, 2.05) is 20.8 Å². The Labute approximate surface area is 55.1 Å². The highest BCUT2D eigenvalue weighted by atomic mass is 19.1. The number of rotatable bonds is 2. The molecule has 0 rings (SSSR count). The molecule has 0 aromatic heterocycles. The fraction of sp³-hybridized carbons (Fsp3) is 1.00. The molecule has 1 atom stereocenters. The predicted octanol–water partition coefficient (Wildman–Crippen LogP) is 0.662. The summed E-state index contributed by atoms with van der Waals surface area (Å²) in [5.41, 5.74) is -0.217. The summed E-state index contributed by atoms with van der Waals surface area (Å²) in [7, 11) is 0. The van der Waals surface area contributed by atoms with Gasteiger partial charge in [0.2, 0.25) is 0 Å². The first-order chi connectivity index (χ1) is 3.95. The first-order valence-electron chi connectivity index (χ1n) is 2.97. The van der Waals surface area contributed by atoms with E-state index in [9.17, 15) is 4.39 Å². The molecule has 9 heavy (non-hydrogen) atoms. The van der Waals surface area contributed by atoms with Crippen LogP contribution in [0.15, 0.2) is 0 Å². The van der Waals surface area contributed by atoms with Crippen molar-refractivity contribution >= 4 is 0 Å². The molecule has 0 bridgehead atoms. The summed E-state index contributed by atoms with van der Waals surface area (Å²) in [4.78, 5) is 0. The van der Waals surface area contributed by atoms with E-state index in [1.54, 1.807) is 0 Å². The minimum Gasteiger partial charge on any atom is -0.376 e. The average molecular weight is 135 g/mol. The predicted molar refractivity (Wildman–Crippen MR) is 34.9 cm³/mol. The van der Waals surface area contributed by atoms with E-state index in [0.717, 1.165) is 0 Å². The van der Waals surface area contributed by atoms with E-state index in [-0.39, 0.29) is 5.54 Å². The van der Waals surface area contributed by atoms with Gasteiger partial charge in [-0.2, -0.15) is 0 Å². The highest BCUT2D eigenvalue weighted by Crippen LogP contribution is 1.99. The van der Waals surface area contributed by atoms with Gasteiger partial charge in [0.05, 0.1) is 0 Å². The van der Waals surface area contributed by atoms with Gasteiger partial charge in [-0.3, -0.25) is 5.32 Å². The molecular weight excluding hydrogens is 121 g/mol. The Morgan fingerprint density at radius 1 is 1.56 bits per heavy atom. The second kappa shape index (κ2) is 3.13. The smallest absolute Gasteiger partial charge is 0.133 e. The zero-order valence-corrected chi connectivity index (χ0v) is 6.11. The summed E-state index contributed by atoms with van der Waals surface area (Å²) in [6, 6.07) is 0. The number of aliphatic hydroxyl groups excluding tert-OH is 1. The van der Waals surface area contributed by atoms with Crippen molar-refractivity contribution in [3.05, 3.63) is 0 Å². The van der Waals surface area contributed by atoms with Crippen LogP contribution in [-0.2, 0) is 0 Å². The molecule has 0 aliphatic rings. The van der Waals surface area contributed by atoms with Crippen LogP contribution in [-0.4, -0.2) is 23.5 Å². The zero-order chi connectivity index (χ0) is 7.49. The lowest BCUT2D eigenvalue weighted by Crippen LogP contribution is -2.44. The molecule has 0 aromatic carbocycles. The normalized spacial score (nSPS) is 15.7. The fourth-order valence-corrected chi connectivity index (χ4v) is 0.538. The summed E-state index contributed by atoms with van der Waals surface area (Å²) in [6.45, 7) is 4.86. The van der Waals surface area contributed by atoms with Crippen LogP contribution >= 0.6 is 0 Å². The molecule has 0 fully saturated rings. The van der Waals surface area contributed by atoms with Crippen molar-refractivity contribution < 1.29 is 9.50 Å². The molecule has 0 saturated carbocycles. The van der Waals surface area contributed by atoms with Crippen LogP contribution in [0.4, 0.5) is 4.39 Å². The van der Waals surface area contributed by atoms with Crippen molar-refractivity contribution in [3.63, 3.8) is 0 Å². The minimum atomic E-state index is -1.02. The molecule has 3 heteroatoms. The topological polar surface area (TPSA) is 32.3 Å². The zero-order valence-electron chi connectivity index (χ0n) is 6.11. The summed E-state index contributed by atoms with van der Waals surface area (Å²) in [5.74, 6) is 0. The van der Waals surface area contributed by atoms with Gasteiger partial charge in [-0.1, -0.05) is 0 Å². The largest absolute Gasteiger partial charge is 0.376 e. The van der Waals surface area contributed by atoms with Crippen molar-refractivity contribution in [2.24, 2.45) is 0 Å². The highest BCUT2D eigenvalue weighted by Gasteiger charge is 2.13. The van der Waals surface area contributed by atoms with Crippen LogP contribution < -0.4 is 5.32 Å². The van der Waals surface area contributed by atoms with Crippen LogP contribution in [0.2, 0.25) is 0 Å². The van der Waals surface area contributed by atoms with Crippen molar-refractivity contribution in [2.45, 2.75) is 32.5 Å². The number of hydrogen-bond acceptors (Lipinski definition) is 2. The Bertz CT molecular complexity index is 79.6. The Morgan fingerprint density at radius 2 is 2.00 bits per heavy atom. The third kappa shape index (κ3) is 5.73. The van der Waals surface area contributed by atoms with Gasteiger partial charge in [-0.25, -0.2) is 4.39 Å². The second-order valence-corrected chi connectivity index (χ2v) is 3.06. The van der Waals surface area contributed by atoms with Crippen LogP contribution in [0, 0.1) is 0 Å². The molecule has 0 aromatic rings. The van der Waals surface area contributed by atoms with E-state index in [1.165, 1.54) is 0 Å². The molecule has 0 saturated heterocycles. The Hall–Kier alpha value is -0.150. The maximum Gasteiger partial charge on any atom is 0.133 e. The maximum absolute atomic E-state index is 11.6. The average Bonchev–Trinajstić information content (AvgIpc) is 1.62. The SMILES string of the molecule is CC(C)(C)NC(O)CF. The van der Waals surface area contributed by atoms with Gasteiger partial charge in [-0.05, 0) is 20.8 Å². The maximum atomic E-state index is 11.6. The molecular formula is C6H14FNO. The van der Waals surface area contributed by atoms with Crippen LogP contribution in [0.3, 0.4) is 0 Å². The quantitative estimate of drug-likeness (QED) is 0.545. The van der Waals surface area contributed by atoms with Crippen molar-refractivity contribution in [1.29, 1.82) is 0 Å². The highest BCUT2D eigenvalue weighted by molar-refractivity contribution is 4.71. The first kappa shape index (κ1) is 8.85. The molecule has 1 unspecified atom stereocenters. The van der Waals surface area contributed by atoms with Crippen LogP contribution in [0.1, 0.15) is 20.8 Å². The van der Waals surface area contributed by atoms with Gasteiger partial charge in [0.1, 0.15) is 12.9 Å². The van der Waals surface area contributed by atoms with E-state index >= 15 is 0 Å². The van der Waals surface area contributed by atoms with Gasteiger partial charge in [0, 0.05) is 5.54 Å². The number of halogens is 1. The first-order valence-corrected chi connectivity index (χ1v) is 2.97. The lowest BCUT2D eigenvalue weighted by Gasteiger charge is -2.23. The number of nitrogens with one attached hydrogen (secondary N) is 1. The molecule has 2 N–H and O–H groups in total. The Balaban J connectivity index is 3.47. The van der Waals surface area contributed by atoms with E-state index in [0.29, 0.717) is 0 Å². The molecule has 0 radical (unpaired) electrons. The number of aliphatic hydroxyl groups is 1. The van der Waals surface area contributed by atoms with Gasteiger partial charge in [0.25, 0.3) is 0 Å². The third-order valence-corrected chi connectivity index (χ3v) is 0.746. The third-order valence-electron chi connectivity index (χ3n) is 0.746.